The van der Waals surface area contributed by atoms with E-state index in [0.717, 1.165) is 5.56 Å². The SMILES string of the molecule is CCOC(=O)NCCNC(=O)c1cccc(S(=O)(=O)NCc2ccccc2)c1. The lowest BCUT2D eigenvalue weighted by Crippen LogP contribution is -2.35. The lowest BCUT2D eigenvalue weighted by Gasteiger charge is -2.10. The fourth-order valence-electron chi connectivity index (χ4n) is 2.29. The molecule has 9 heteroatoms. The lowest BCUT2D eigenvalue weighted by molar-refractivity contribution is 0.0952. The Morgan fingerprint density at radius 2 is 1.68 bits per heavy atom. The Morgan fingerprint density at radius 1 is 0.964 bits per heavy atom. The summed E-state index contributed by atoms with van der Waals surface area (Å²) < 4.78 is 32.2. The second kappa shape index (κ2) is 10.4. The molecule has 2 rings (SSSR count). The molecule has 3 N–H and O–H groups in total. The maximum Gasteiger partial charge on any atom is 0.407 e. The van der Waals surface area contributed by atoms with Crippen molar-refractivity contribution in [2.75, 3.05) is 19.7 Å². The molecule has 0 aliphatic heterocycles. The van der Waals surface area contributed by atoms with Crippen LogP contribution in [0.1, 0.15) is 22.8 Å². The fraction of sp³-hybridized carbons (Fsp3) is 0.263. The summed E-state index contributed by atoms with van der Waals surface area (Å²) in [6, 6.07) is 14.9. The van der Waals surface area contributed by atoms with Crippen molar-refractivity contribution in [3.8, 4) is 0 Å². The van der Waals surface area contributed by atoms with E-state index in [0.29, 0.717) is 0 Å². The van der Waals surface area contributed by atoms with E-state index in [4.69, 9.17) is 4.74 Å². The molecular formula is C19H23N3O5S. The average Bonchev–Trinajstić information content (AvgIpc) is 2.71. The second-order valence-corrected chi connectivity index (χ2v) is 7.51. The van der Waals surface area contributed by atoms with Crippen molar-refractivity contribution in [2.45, 2.75) is 18.4 Å². The molecule has 0 saturated heterocycles. The molecule has 0 spiro atoms. The summed E-state index contributed by atoms with van der Waals surface area (Å²) in [5, 5.41) is 5.09. The Labute approximate surface area is 164 Å². The summed E-state index contributed by atoms with van der Waals surface area (Å²) in [4.78, 5) is 23.4. The highest BCUT2D eigenvalue weighted by Crippen LogP contribution is 2.12. The second-order valence-electron chi connectivity index (χ2n) is 5.74. The van der Waals surface area contributed by atoms with Crippen molar-refractivity contribution in [3.63, 3.8) is 0 Å². The van der Waals surface area contributed by atoms with Gasteiger partial charge < -0.3 is 15.4 Å². The van der Waals surface area contributed by atoms with E-state index >= 15 is 0 Å². The predicted molar refractivity (Wildman–Crippen MR) is 104 cm³/mol. The van der Waals surface area contributed by atoms with Crippen LogP contribution >= 0.6 is 0 Å². The number of hydrogen-bond donors (Lipinski definition) is 3. The molecule has 0 atom stereocenters. The van der Waals surface area contributed by atoms with Crippen LogP contribution in [0.2, 0.25) is 0 Å². The minimum absolute atomic E-state index is 0.000676. The normalized spacial score (nSPS) is 10.9. The van der Waals surface area contributed by atoms with E-state index in [-0.39, 0.29) is 36.7 Å². The van der Waals surface area contributed by atoms with Crippen molar-refractivity contribution in [1.29, 1.82) is 0 Å². The molecule has 28 heavy (non-hydrogen) atoms. The van der Waals surface area contributed by atoms with Gasteiger partial charge in [-0.05, 0) is 30.7 Å². The number of rotatable bonds is 9. The van der Waals surface area contributed by atoms with Gasteiger partial charge in [-0.15, -0.1) is 0 Å². The number of carbonyl (C=O) groups is 2. The summed E-state index contributed by atoms with van der Waals surface area (Å²) in [6.45, 7) is 2.48. The number of hydrogen-bond acceptors (Lipinski definition) is 5. The number of alkyl carbamates (subject to hydrolysis) is 1. The smallest absolute Gasteiger partial charge is 0.407 e. The van der Waals surface area contributed by atoms with Crippen LogP contribution in [-0.4, -0.2) is 40.1 Å². The van der Waals surface area contributed by atoms with Crippen molar-refractivity contribution >= 4 is 22.0 Å². The van der Waals surface area contributed by atoms with E-state index < -0.39 is 22.0 Å². The van der Waals surface area contributed by atoms with E-state index in [2.05, 4.69) is 15.4 Å². The molecule has 2 aromatic carbocycles. The van der Waals surface area contributed by atoms with Crippen LogP contribution in [0, 0.1) is 0 Å². The van der Waals surface area contributed by atoms with Crippen LogP contribution in [-0.2, 0) is 21.3 Å². The minimum Gasteiger partial charge on any atom is -0.450 e. The number of carbonyl (C=O) groups excluding carboxylic acids is 2. The summed E-state index contributed by atoms with van der Waals surface area (Å²) in [6.07, 6.45) is -0.561. The van der Waals surface area contributed by atoms with Crippen LogP contribution in [0.4, 0.5) is 4.79 Å². The monoisotopic (exact) mass is 405 g/mol. The molecule has 0 aliphatic rings. The standard InChI is InChI=1S/C19H23N3O5S/c1-2-27-19(24)21-12-11-20-18(23)16-9-6-10-17(13-16)28(25,26)22-14-15-7-4-3-5-8-15/h3-10,13,22H,2,11-12,14H2,1H3,(H,20,23)(H,21,24). The number of nitrogens with one attached hydrogen (secondary N) is 3. The first kappa shape index (κ1) is 21.4. The molecule has 0 saturated carbocycles. The first-order valence-electron chi connectivity index (χ1n) is 8.75. The molecule has 0 radical (unpaired) electrons. The van der Waals surface area contributed by atoms with Crippen molar-refractivity contribution in [3.05, 3.63) is 65.7 Å². The molecule has 0 aliphatic carbocycles. The van der Waals surface area contributed by atoms with Crippen LogP contribution in [0.15, 0.2) is 59.5 Å². The first-order chi connectivity index (χ1) is 13.4. The zero-order valence-electron chi connectivity index (χ0n) is 15.5. The molecule has 2 amide bonds. The van der Waals surface area contributed by atoms with Crippen molar-refractivity contribution < 1.29 is 22.7 Å². The highest BCUT2D eigenvalue weighted by atomic mass is 32.2. The number of sulfonamides is 1. The average molecular weight is 405 g/mol. The van der Waals surface area contributed by atoms with Gasteiger partial charge in [0, 0.05) is 25.2 Å². The van der Waals surface area contributed by atoms with Crippen molar-refractivity contribution in [1.82, 2.24) is 15.4 Å². The molecule has 8 nitrogen and oxygen atoms in total. The summed E-state index contributed by atoms with van der Waals surface area (Å²) in [5.41, 5.74) is 1.03. The molecule has 0 aromatic heterocycles. The van der Waals surface area contributed by atoms with Gasteiger partial charge in [0.15, 0.2) is 0 Å². The van der Waals surface area contributed by atoms with Gasteiger partial charge in [0.25, 0.3) is 5.91 Å². The third-order valence-corrected chi connectivity index (χ3v) is 5.07. The van der Waals surface area contributed by atoms with Gasteiger partial charge in [-0.2, -0.15) is 0 Å². The van der Waals surface area contributed by atoms with Gasteiger partial charge in [-0.1, -0.05) is 36.4 Å². The predicted octanol–water partition coefficient (Wildman–Crippen LogP) is 1.64. The molecule has 0 bridgehead atoms. The quantitative estimate of drug-likeness (QED) is 0.549. The van der Waals surface area contributed by atoms with Crippen LogP contribution < -0.4 is 15.4 Å². The number of ether oxygens (including phenoxy) is 1. The largest absolute Gasteiger partial charge is 0.450 e. The van der Waals surface area contributed by atoms with Crippen LogP contribution in [0.5, 0.6) is 0 Å². The lowest BCUT2D eigenvalue weighted by atomic mass is 10.2. The Morgan fingerprint density at radius 3 is 2.39 bits per heavy atom. The summed E-state index contributed by atoms with van der Waals surface area (Å²) in [5.74, 6) is -0.439. The van der Waals surface area contributed by atoms with Crippen LogP contribution in [0.3, 0.4) is 0 Å². The van der Waals surface area contributed by atoms with Gasteiger partial charge >= 0.3 is 6.09 Å². The maximum atomic E-state index is 12.5. The third-order valence-electron chi connectivity index (χ3n) is 3.67. The molecule has 150 valence electrons. The van der Waals surface area contributed by atoms with Gasteiger partial charge in [0.1, 0.15) is 0 Å². The van der Waals surface area contributed by atoms with Gasteiger partial charge in [-0.25, -0.2) is 17.9 Å². The molecular weight excluding hydrogens is 382 g/mol. The summed E-state index contributed by atoms with van der Waals surface area (Å²) >= 11 is 0. The van der Waals surface area contributed by atoms with Gasteiger partial charge in [-0.3, -0.25) is 4.79 Å². The highest BCUT2D eigenvalue weighted by Gasteiger charge is 2.16. The molecule has 0 heterocycles. The Balaban J connectivity index is 1.92. The zero-order chi connectivity index (χ0) is 20.4. The Bertz CT molecular complexity index is 901. The van der Waals surface area contributed by atoms with E-state index in [1.807, 2.05) is 30.3 Å². The van der Waals surface area contributed by atoms with E-state index in [1.54, 1.807) is 6.92 Å². The fourth-order valence-corrected chi connectivity index (χ4v) is 3.35. The number of benzene rings is 2. The molecule has 0 fully saturated rings. The molecule has 0 unspecified atom stereocenters. The third kappa shape index (κ3) is 6.67. The molecule has 2 aromatic rings. The first-order valence-corrected chi connectivity index (χ1v) is 10.2. The Hall–Kier alpha value is -2.91. The van der Waals surface area contributed by atoms with Crippen molar-refractivity contribution in [2.24, 2.45) is 0 Å². The Kier molecular flexibility index (Phi) is 7.97. The van der Waals surface area contributed by atoms with Gasteiger partial charge in [0.2, 0.25) is 10.0 Å². The topological polar surface area (TPSA) is 114 Å². The number of amides is 2. The van der Waals surface area contributed by atoms with Gasteiger partial charge in [0.05, 0.1) is 11.5 Å². The highest BCUT2D eigenvalue weighted by molar-refractivity contribution is 7.89. The van der Waals surface area contributed by atoms with E-state index in [9.17, 15) is 18.0 Å². The minimum atomic E-state index is -3.76. The summed E-state index contributed by atoms with van der Waals surface area (Å²) in [7, 11) is -3.76. The van der Waals surface area contributed by atoms with E-state index in [1.165, 1.54) is 24.3 Å². The van der Waals surface area contributed by atoms with Crippen LogP contribution in [0.25, 0.3) is 0 Å². The maximum absolute atomic E-state index is 12.5. The zero-order valence-corrected chi connectivity index (χ0v) is 16.3.